The van der Waals surface area contributed by atoms with Gasteiger partial charge in [-0.3, -0.25) is 9.36 Å². The number of anilines is 1. The number of hydrogen-bond acceptors (Lipinski definition) is 6. The van der Waals surface area contributed by atoms with Crippen LogP contribution in [0.3, 0.4) is 0 Å². The topological polar surface area (TPSA) is 72.7 Å². The molecule has 90 valence electrons. The highest BCUT2D eigenvalue weighted by Crippen LogP contribution is 2.17. The van der Waals surface area contributed by atoms with Crippen LogP contribution in [0.5, 0.6) is 0 Å². The van der Waals surface area contributed by atoms with E-state index in [1.165, 1.54) is 34.7 Å². The Kier molecular flexibility index (Phi) is 3.81. The second-order valence-corrected chi connectivity index (χ2v) is 4.28. The molecule has 0 aliphatic carbocycles. The summed E-state index contributed by atoms with van der Waals surface area (Å²) in [6, 6.07) is 1.43. The minimum Gasteiger partial charge on any atom is -0.374 e. The molecule has 0 atom stereocenters. The highest BCUT2D eigenvalue weighted by atomic mass is 32.1. The van der Waals surface area contributed by atoms with Gasteiger partial charge in [-0.15, -0.1) is 5.10 Å². The first-order valence-corrected chi connectivity index (χ1v) is 6.14. The van der Waals surface area contributed by atoms with E-state index in [9.17, 15) is 4.79 Å². The van der Waals surface area contributed by atoms with Crippen molar-refractivity contribution in [2.24, 2.45) is 0 Å². The van der Waals surface area contributed by atoms with Gasteiger partial charge in [-0.25, -0.2) is 4.98 Å². The van der Waals surface area contributed by atoms with E-state index < -0.39 is 0 Å². The number of hydrogen-bond donors (Lipinski definition) is 1. The van der Waals surface area contributed by atoms with Crippen molar-refractivity contribution < 1.29 is 0 Å². The summed E-state index contributed by atoms with van der Waals surface area (Å²) >= 11 is 1.31. The number of nitrogens with one attached hydrogen (secondary N) is 1. The van der Waals surface area contributed by atoms with Crippen LogP contribution in [0.1, 0.15) is 19.0 Å². The molecule has 0 spiro atoms. The van der Waals surface area contributed by atoms with Crippen LogP contribution in [0.15, 0.2) is 23.4 Å². The molecule has 7 heteroatoms. The van der Waals surface area contributed by atoms with Crippen molar-refractivity contribution in [1.29, 1.82) is 0 Å². The third-order valence-corrected chi connectivity index (χ3v) is 2.93. The van der Waals surface area contributed by atoms with Crippen LogP contribution in [-0.2, 0) is 6.54 Å². The lowest BCUT2D eigenvalue weighted by atomic mass is 10.4. The van der Waals surface area contributed by atoms with Crippen molar-refractivity contribution in [3.05, 3.63) is 34.6 Å². The molecule has 2 heterocycles. The molecule has 2 aromatic rings. The van der Waals surface area contributed by atoms with Gasteiger partial charge < -0.3 is 5.32 Å². The molecule has 0 aliphatic heterocycles. The lowest BCUT2D eigenvalue weighted by molar-refractivity contribution is 0.716. The molecule has 0 fully saturated rings. The molecule has 6 nitrogen and oxygen atoms in total. The first kappa shape index (κ1) is 11.7. The second kappa shape index (κ2) is 5.53. The summed E-state index contributed by atoms with van der Waals surface area (Å²) in [6.07, 6.45) is 4.02. The van der Waals surface area contributed by atoms with Gasteiger partial charge in [0.15, 0.2) is 0 Å². The van der Waals surface area contributed by atoms with Crippen LogP contribution in [0, 0.1) is 0 Å². The third-order valence-electron chi connectivity index (χ3n) is 2.20. The third kappa shape index (κ3) is 2.88. The zero-order valence-corrected chi connectivity index (χ0v) is 10.3. The lowest BCUT2D eigenvalue weighted by Crippen LogP contribution is -2.20. The van der Waals surface area contributed by atoms with E-state index in [2.05, 4.69) is 26.8 Å². The molecular formula is C10H13N5OS. The van der Waals surface area contributed by atoms with Gasteiger partial charge in [-0.2, -0.15) is 0 Å². The standard InChI is InChI=1S/C10H13N5OS/c1-2-4-12-10-8(13-14-17-10)6-15-7-11-5-3-9(15)16/h3,5,7,12H,2,4,6H2,1H3. The summed E-state index contributed by atoms with van der Waals surface area (Å²) in [7, 11) is 0. The predicted octanol–water partition coefficient (Wildman–Crippen LogP) is 0.965. The molecule has 0 bridgehead atoms. The van der Waals surface area contributed by atoms with E-state index in [0.717, 1.165) is 23.7 Å². The molecular weight excluding hydrogens is 238 g/mol. The highest BCUT2D eigenvalue weighted by molar-refractivity contribution is 7.10. The molecule has 2 rings (SSSR count). The maximum Gasteiger partial charge on any atom is 0.253 e. The van der Waals surface area contributed by atoms with Crippen molar-refractivity contribution in [1.82, 2.24) is 19.1 Å². The molecule has 0 radical (unpaired) electrons. The first-order valence-electron chi connectivity index (χ1n) is 5.37. The van der Waals surface area contributed by atoms with Gasteiger partial charge in [0.25, 0.3) is 5.56 Å². The van der Waals surface area contributed by atoms with Crippen LogP contribution in [0.4, 0.5) is 5.00 Å². The average Bonchev–Trinajstić information content (AvgIpc) is 2.77. The van der Waals surface area contributed by atoms with E-state index in [1.807, 2.05) is 0 Å². The largest absolute Gasteiger partial charge is 0.374 e. The van der Waals surface area contributed by atoms with Gasteiger partial charge >= 0.3 is 0 Å². The van der Waals surface area contributed by atoms with Gasteiger partial charge in [0.05, 0.1) is 12.9 Å². The van der Waals surface area contributed by atoms with Crippen LogP contribution in [-0.4, -0.2) is 25.7 Å². The average molecular weight is 251 g/mol. The second-order valence-electron chi connectivity index (χ2n) is 3.52. The molecule has 0 amide bonds. The predicted molar refractivity (Wildman–Crippen MR) is 66.3 cm³/mol. The summed E-state index contributed by atoms with van der Waals surface area (Å²) in [5.41, 5.74) is 0.688. The van der Waals surface area contributed by atoms with Crippen LogP contribution in [0.2, 0.25) is 0 Å². The smallest absolute Gasteiger partial charge is 0.253 e. The van der Waals surface area contributed by atoms with Gasteiger partial charge in [0.1, 0.15) is 10.7 Å². The summed E-state index contributed by atoms with van der Waals surface area (Å²) < 4.78 is 5.40. The Balaban J connectivity index is 2.16. The molecule has 0 saturated heterocycles. The van der Waals surface area contributed by atoms with Gasteiger partial charge in [0, 0.05) is 30.3 Å². The molecule has 2 aromatic heterocycles. The van der Waals surface area contributed by atoms with Crippen molar-refractivity contribution in [3.63, 3.8) is 0 Å². The van der Waals surface area contributed by atoms with E-state index in [0.29, 0.717) is 6.54 Å². The highest BCUT2D eigenvalue weighted by Gasteiger charge is 2.08. The van der Waals surface area contributed by atoms with Gasteiger partial charge in [-0.1, -0.05) is 11.4 Å². The monoisotopic (exact) mass is 251 g/mol. The van der Waals surface area contributed by atoms with E-state index in [4.69, 9.17) is 0 Å². The Labute approximate surface area is 102 Å². The van der Waals surface area contributed by atoms with E-state index in [-0.39, 0.29) is 5.56 Å². The summed E-state index contributed by atoms with van der Waals surface area (Å²) in [6.45, 7) is 3.36. The van der Waals surface area contributed by atoms with E-state index >= 15 is 0 Å². The maximum absolute atomic E-state index is 11.5. The fourth-order valence-corrected chi connectivity index (χ4v) is 1.94. The summed E-state index contributed by atoms with van der Waals surface area (Å²) in [5, 5.41) is 8.18. The molecule has 0 aromatic carbocycles. The Morgan fingerprint density at radius 3 is 3.18 bits per heavy atom. The fraction of sp³-hybridized carbons (Fsp3) is 0.400. The maximum atomic E-state index is 11.5. The van der Waals surface area contributed by atoms with E-state index in [1.54, 1.807) is 0 Å². The Morgan fingerprint density at radius 1 is 1.53 bits per heavy atom. The van der Waals surface area contributed by atoms with Gasteiger partial charge in [0.2, 0.25) is 0 Å². The van der Waals surface area contributed by atoms with Crippen molar-refractivity contribution in [3.8, 4) is 0 Å². The Morgan fingerprint density at radius 2 is 2.41 bits per heavy atom. The van der Waals surface area contributed by atoms with Crippen LogP contribution in [0.25, 0.3) is 0 Å². The number of nitrogens with zero attached hydrogens (tertiary/aromatic N) is 4. The molecule has 0 saturated carbocycles. The molecule has 0 unspecified atom stereocenters. The van der Waals surface area contributed by atoms with Crippen molar-refractivity contribution in [2.75, 3.05) is 11.9 Å². The first-order chi connectivity index (χ1) is 8.31. The lowest BCUT2D eigenvalue weighted by Gasteiger charge is -2.04. The summed E-state index contributed by atoms with van der Waals surface area (Å²) in [5.74, 6) is 0. The summed E-state index contributed by atoms with van der Waals surface area (Å²) in [4.78, 5) is 15.4. The Bertz CT molecular complexity index is 535. The molecule has 1 N–H and O–H groups in total. The van der Waals surface area contributed by atoms with Crippen molar-refractivity contribution in [2.45, 2.75) is 19.9 Å². The minimum absolute atomic E-state index is 0.0885. The number of aromatic nitrogens is 4. The van der Waals surface area contributed by atoms with Crippen molar-refractivity contribution >= 4 is 16.5 Å². The normalized spacial score (nSPS) is 10.4. The zero-order valence-electron chi connectivity index (χ0n) is 9.46. The minimum atomic E-state index is -0.0885. The molecule has 0 aliphatic rings. The zero-order chi connectivity index (χ0) is 12.1. The SMILES string of the molecule is CCCNc1snnc1Cn1cnccc1=O. The van der Waals surface area contributed by atoms with Crippen LogP contribution < -0.4 is 10.9 Å². The van der Waals surface area contributed by atoms with Gasteiger partial charge in [-0.05, 0) is 6.42 Å². The quantitative estimate of drug-likeness (QED) is 0.857. The number of rotatable bonds is 5. The fourth-order valence-electron chi connectivity index (χ4n) is 1.34. The Hall–Kier alpha value is -1.76. The molecule has 17 heavy (non-hydrogen) atoms. The van der Waals surface area contributed by atoms with Crippen LogP contribution >= 0.6 is 11.5 Å².